The minimum atomic E-state index is -3.66. The molecule has 2 saturated heterocycles. The molecule has 0 bridgehead atoms. The van der Waals surface area contributed by atoms with Gasteiger partial charge in [0.05, 0.1) is 18.1 Å². The number of quaternary nitrogens is 1. The Morgan fingerprint density at radius 3 is 2.42 bits per heavy atom. The van der Waals surface area contributed by atoms with Crippen molar-refractivity contribution in [1.82, 2.24) is 4.90 Å². The van der Waals surface area contributed by atoms with E-state index in [1.165, 1.54) is 4.90 Å². The number of rotatable bonds is 4. The Hall–Kier alpha value is -1.44. The quantitative estimate of drug-likeness (QED) is 0.616. The van der Waals surface area contributed by atoms with Crippen LogP contribution >= 0.6 is 0 Å². The molecule has 132 valence electrons. The van der Waals surface area contributed by atoms with Gasteiger partial charge in [-0.1, -0.05) is 17.7 Å². The van der Waals surface area contributed by atoms with Gasteiger partial charge in [-0.25, -0.2) is 0 Å². The normalized spacial score (nSPS) is 20.5. The van der Waals surface area contributed by atoms with Crippen LogP contribution in [0.3, 0.4) is 0 Å². The van der Waals surface area contributed by atoms with E-state index < -0.39 is 10.0 Å². The minimum Gasteiger partial charge on any atom is -0.370 e. The molecule has 2 aliphatic heterocycles. The van der Waals surface area contributed by atoms with Crippen molar-refractivity contribution in [2.45, 2.75) is 24.7 Å². The highest BCUT2D eigenvalue weighted by atomic mass is 32.2. The van der Waals surface area contributed by atoms with Gasteiger partial charge in [-0.3, -0.25) is 0 Å². The number of amidine groups is 1. The van der Waals surface area contributed by atoms with E-state index in [0.717, 1.165) is 57.8 Å². The maximum atomic E-state index is 12.7. The third-order valence-corrected chi connectivity index (χ3v) is 5.94. The second-order valence-corrected chi connectivity index (χ2v) is 8.13. The lowest BCUT2D eigenvalue weighted by Gasteiger charge is -2.27. The van der Waals surface area contributed by atoms with Crippen molar-refractivity contribution in [3.05, 3.63) is 29.8 Å². The molecule has 0 unspecified atom stereocenters. The molecule has 3 rings (SSSR count). The van der Waals surface area contributed by atoms with Gasteiger partial charge in [0.15, 0.2) is 5.84 Å². The van der Waals surface area contributed by atoms with Crippen LogP contribution in [0.15, 0.2) is 33.6 Å². The first-order valence-corrected chi connectivity index (χ1v) is 10.1. The Kier molecular flexibility index (Phi) is 5.53. The summed E-state index contributed by atoms with van der Waals surface area (Å²) >= 11 is 0. The van der Waals surface area contributed by atoms with E-state index in [9.17, 15) is 8.42 Å². The molecule has 1 aromatic rings. The van der Waals surface area contributed by atoms with Gasteiger partial charge in [-0.15, -0.1) is 4.40 Å². The molecule has 2 fully saturated rings. The SMILES string of the molecule is Cc1ccc(S(=O)(=O)N=C(C[NH+]2CCOCC2)N2CCCC2)cc1. The minimum absolute atomic E-state index is 0.266. The van der Waals surface area contributed by atoms with Crippen LogP contribution in [0.25, 0.3) is 0 Å². The van der Waals surface area contributed by atoms with Crippen molar-refractivity contribution >= 4 is 15.9 Å². The zero-order valence-corrected chi connectivity index (χ0v) is 15.0. The van der Waals surface area contributed by atoms with Crippen molar-refractivity contribution in [3.8, 4) is 0 Å². The van der Waals surface area contributed by atoms with Crippen LogP contribution < -0.4 is 4.90 Å². The highest BCUT2D eigenvalue weighted by molar-refractivity contribution is 7.90. The predicted molar refractivity (Wildman–Crippen MR) is 93.0 cm³/mol. The van der Waals surface area contributed by atoms with Gasteiger partial charge in [0, 0.05) is 13.1 Å². The first kappa shape index (κ1) is 17.4. The average molecular weight is 352 g/mol. The lowest BCUT2D eigenvalue weighted by molar-refractivity contribution is -0.899. The Labute approximate surface area is 144 Å². The summed E-state index contributed by atoms with van der Waals surface area (Å²) in [4.78, 5) is 3.74. The largest absolute Gasteiger partial charge is 0.370 e. The summed E-state index contributed by atoms with van der Waals surface area (Å²) in [6, 6.07) is 6.89. The van der Waals surface area contributed by atoms with Crippen LogP contribution in [-0.2, 0) is 14.8 Å². The summed E-state index contributed by atoms with van der Waals surface area (Å²) in [5, 5.41) is 0. The van der Waals surface area contributed by atoms with Gasteiger partial charge < -0.3 is 14.5 Å². The van der Waals surface area contributed by atoms with Crippen molar-refractivity contribution in [3.63, 3.8) is 0 Å². The van der Waals surface area contributed by atoms with Crippen molar-refractivity contribution in [2.75, 3.05) is 45.9 Å². The summed E-state index contributed by atoms with van der Waals surface area (Å²) < 4.78 is 35.0. The fourth-order valence-corrected chi connectivity index (χ4v) is 4.18. The second-order valence-electron chi connectivity index (χ2n) is 6.53. The van der Waals surface area contributed by atoms with E-state index in [1.807, 2.05) is 19.1 Å². The second kappa shape index (κ2) is 7.63. The Balaban J connectivity index is 1.85. The zero-order chi connectivity index (χ0) is 17.0. The van der Waals surface area contributed by atoms with E-state index in [4.69, 9.17) is 4.74 Å². The summed E-state index contributed by atoms with van der Waals surface area (Å²) in [6.07, 6.45) is 2.20. The molecule has 0 spiro atoms. The maximum absolute atomic E-state index is 12.7. The molecule has 0 amide bonds. The van der Waals surface area contributed by atoms with Crippen LogP contribution in [0, 0.1) is 6.92 Å². The molecule has 1 N–H and O–H groups in total. The molecule has 7 heteroatoms. The number of benzene rings is 1. The third-order valence-electron chi connectivity index (χ3n) is 4.62. The number of hydrogen-bond acceptors (Lipinski definition) is 3. The molecule has 1 aromatic carbocycles. The van der Waals surface area contributed by atoms with Gasteiger partial charge >= 0.3 is 0 Å². The van der Waals surface area contributed by atoms with Crippen LogP contribution in [0.1, 0.15) is 18.4 Å². The number of likely N-dealkylation sites (tertiary alicyclic amines) is 1. The first-order valence-electron chi connectivity index (χ1n) is 8.61. The van der Waals surface area contributed by atoms with Crippen molar-refractivity contribution < 1.29 is 18.1 Å². The van der Waals surface area contributed by atoms with E-state index in [-0.39, 0.29) is 4.90 Å². The molecule has 24 heavy (non-hydrogen) atoms. The van der Waals surface area contributed by atoms with Crippen LogP contribution in [0.5, 0.6) is 0 Å². The molecule has 0 aromatic heterocycles. The number of ether oxygens (including phenoxy) is 1. The predicted octanol–water partition coefficient (Wildman–Crippen LogP) is 0.0931. The van der Waals surface area contributed by atoms with Gasteiger partial charge in [0.2, 0.25) is 0 Å². The highest BCUT2D eigenvalue weighted by Crippen LogP contribution is 2.15. The fourth-order valence-electron chi connectivity index (χ4n) is 3.14. The molecule has 0 saturated carbocycles. The Morgan fingerprint density at radius 1 is 1.17 bits per heavy atom. The molecule has 6 nitrogen and oxygen atoms in total. The van der Waals surface area contributed by atoms with E-state index in [1.54, 1.807) is 12.1 Å². The summed E-state index contributed by atoms with van der Waals surface area (Å²) in [7, 11) is -3.66. The zero-order valence-electron chi connectivity index (χ0n) is 14.2. The van der Waals surface area contributed by atoms with Crippen LogP contribution in [-0.4, -0.2) is 65.1 Å². The van der Waals surface area contributed by atoms with E-state index in [2.05, 4.69) is 9.30 Å². The smallest absolute Gasteiger partial charge is 0.284 e. The Morgan fingerprint density at radius 2 is 1.79 bits per heavy atom. The van der Waals surface area contributed by atoms with Gasteiger partial charge in [0.1, 0.15) is 19.6 Å². The number of nitrogens with zero attached hydrogens (tertiary/aromatic N) is 2. The molecule has 2 heterocycles. The molecule has 0 radical (unpaired) electrons. The number of morpholine rings is 1. The first-order chi connectivity index (χ1) is 11.5. The van der Waals surface area contributed by atoms with Crippen molar-refractivity contribution in [1.29, 1.82) is 0 Å². The van der Waals surface area contributed by atoms with E-state index in [0.29, 0.717) is 12.4 Å². The summed E-state index contributed by atoms with van der Waals surface area (Å²) in [5.74, 6) is 0.699. The topological polar surface area (TPSA) is 63.4 Å². The van der Waals surface area contributed by atoms with Crippen LogP contribution in [0.2, 0.25) is 0 Å². The van der Waals surface area contributed by atoms with Gasteiger partial charge in [0.25, 0.3) is 10.0 Å². The summed E-state index contributed by atoms with van der Waals surface area (Å²) in [5.41, 5.74) is 1.04. The molecule has 0 atom stereocenters. The molecular formula is C17H26N3O3S+. The molecule has 0 aliphatic carbocycles. The monoisotopic (exact) mass is 352 g/mol. The fraction of sp³-hybridized carbons (Fsp3) is 0.588. The third kappa shape index (κ3) is 4.34. The number of aryl methyl sites for hydroxylation is 1. The maximum Gasteiger partial charge on any atom is 0.284 e. The highest BCUT2D eigenvalue weighted by Gasteiger charge is 2.25. The average Bonchev–Trinajstić information content (AvgIpc) is 3.10. The van der Waals surface area contributed by atoms with Gasteiger partial charge in [-0.2, -0.15) is 8.42 Å². The van der Waals surface area contributed by atoms with Crippen molar-refractivity contribution in [2.24, 2.45) is 4.40 Å². The standard InChI is InChI=1S/C17H25N3O3S/c1-15-4-6-16(7-5-15)24(21,22)18-17(20-8-2-3-9-20)14-19-10-12-23-13-11-19/h4-7H,2-3,8-14H2,1H3/p+1. The number of sulfonamides is 1. The number of nitrogens with one attached hydrogen (secondary N) is 1. The lowest BCUT2D eigenvalue weighted by atomic mass is 10.2. The summed E-state index contributed by atoms with van der Waals surface area (Å²) in [6.45, 7) is 7.64. The van der Waals surface area contributed by atoms with Gasteiger partial charge in [-0.05, 0) is 31.9 Å². The van der Waals surface area contributed by atoms with Crippen LogP contribution in [0.4, 0.5) is 0 Å². The Bertz CT molecular complexity index is 674. The lowest BCUT2D eigenvalue weighted by Crippen LogP contribution is -3.15. The number of hydrogen-bond donors (Lipinski definition) is 1. The van der Waals surface area contributed by atoms with E-state index >= 15 is 0 Å². The molecular weight excluding hydrogens is 326 g/mol. The molecule has 2 aliphatic rings.